The maximum absolute atomic E-state index is 13.3. The number of rotatable bonds is 3. The van der Waals surface area contributed by atoms with E-state index in [0.717, 1.165) is 28.2 Å². The Balaban J connectivity index is 1.66. The molecule has 0 radical (unpaired) electrons. The number of fused-ring (bicyclic) bond motifs is 1. The Hall–Kier alpha value is -1.58. The van der Waals surface area contributed by atoms with E-state index in [9.17, 15) is 13.2 Å². The third-order valence-corrected chi connectivity index (χ3v) is 5.75. The molecule has 132 valence electrons. The summed E-state index contributed by atoms with van der Waals surface area (Å²) in [6.45, 7) is 0.109. The summed E-state index contributed by atoms with van der Waals surface area (Å²) in [4.78, 5) is 5.32. The largest absolute Gasteiger partial charge is 0.431 e. The van der Waals surface area contributed by atoms with Crippen LogP contribution in [0.4, 0.5) is 19.0 Å². The van der Waals surface area contributed by atoms with E-state index in [0.29, 0.717) is 16.8 Å². The molecule has 2 aliphatic rings. The lowest BCUT2D eigenvalue weighted by Crippen LogP contribution is -2.33. The molecule has 1 saturated carbocycles. The Morgan fingerprint density at radius 1 is 1.36 bits per heavy atom. The van der Waals surface area contributed by atoms with Crippen LogP contribution in [0.2, 0.25) is 0 Å². The third-order valence-electron chi connectivity index (χ3n) is 4.50. The molecule has 3 heterocycles. The molecule has 2 aromatic rings. The highest BCUT2D eigenvalue weighted by atomic mass is 127. The van der Waals surface area contributed by atoms with Gasteiger partial charge < -0.3 is 4.90 Å². The second kappa shape index (κ2) is 6.30. The summed E-state index contributed by atoms with van der Waals surface area (Å²) in [6, 6.07) is 0.843. The zero-order valence-corrected chi connectivity index (χ0v) is 15.3. The zero-order valence-electron chi connectivity index (χ0n) is 14.2. The maximum Gasteiger partial charge on any atom is 0.431 e. The van der Waals surface area contributed by atoms with E-state index in [2.05, 4.69) is 32.7 Å². The van der Waals surface area contributed by atoms with Crippen LogP contribution in [-0.2, 0) is 0 Å². The normalized spacial score (nSPS) is 27.2. The Bertz CT molecular complexity index is 899. The molecule has 0 bridgehead atoms. The summed E-state index contributed by atoms with van der Waals surface area (Å²) in [5, 5.41) is 5.11. The van der Waals surface area contributed by atoms with Gasteiger partial charge in [0.1, 0.15) is 17.0 Å². The van der Waals surface area contributed by atoms with Crippen LogP contribution >= 0.6 is 22.6 Å². The Morgan fingerprint density at radius 2 is 2.16 bits per heavy atom. The topological polar surface area (TPSA) is 34.0 Å². The van der Waals surface area contributed by atoms with Crippen molar-refractivity contribution in [1.29, 1.82) is 0 Å². The predicted octanol–water partition coefficient (Wildman–Crippen LogP) is 4.64. The van der Waals surface area contributed by atoms with E-state index < -0.39 is 17.9 Å². The summed E-state index contributed by atoms with van der Waals surface area (Å²) >= 11 is 2.32. The van der Waals surface area contributed by atoms with Gasteiger partial charge in [-0.1, -0.05) is 34.7 Å². The fourth-order valence-electron chi connectivity index (χ4n) is 3.11. The van der Waals surface area contributed by atoms with E-state index in [1.54, 1.807) is 23.0 Å². The molecule has 0 spiro atoms. The molecule has 0 amide bonds. The van der Waals surface area contributed by atoms with Gasteiger partial charge in [0.15, 0.2) is 0 Å². The fourth-order valence-corrected chi connectivity index (χ4v) is 3.73. The molecule has 1 fully saturated rings. The number of pyridine rings is 1. The fraction of sp³-hybridized carbons (Fsp3) is 0.412. The van der Waals surface area contributed by atoms with Crippen LogP contribution in [0.3, 0.4) is 0 Å². The van der Waals surface area contributed by atoms with Gasteiger partial charge in [0, 0.05) is 22.6 Å². The first-order chi connectivity index (χ1) is 12.3. The summed E-state index contributed by atoms with van der Waals surface area (Å²) < 4.78 is 51.0. The highest BCUT2D eigenvalue weighted by Gasteiger charge is 2.39. The van der Waals surface area contributed by atoms with Crippen molar-refractivity contribution in [3.63, 3.8) is 0 Å². The SMILES string of the molecule is [2H]C1(n2cc3cc(N4CC=CC=C4C(F)(F)F)ncc3n2)CC(CI)C1. The van der Waals surface area contributed by atoms with Crippen molar-refractivity contribution in [3.05, 3.63) is 42.4 Å². The smallest absolute Gasteiger partial charge is 0.318 e. The minimum atomic E-state index is -4.45. The van der Waals surface area contributed by atoms with Crippen LogP contribution < -0.4 is 4.90 Å². The van der Waals surface area contributed by atoms with E-state index in [1.165, 1.54) is 12.3 Å². The lowest BCUT2D eigenvalue weighted by molar-refractivity contribution is -0.0934. The van der Waals surface area contributed by atoms with Gasteiger partial charge >= 0.3 is 6.18 Å². The van der Waals surface area contributed by atoms with Gasteiger partial charge in [-0.2, -0.15) is 18.3 Å². The first-order valence-electron chi connectivity index (χ1n) is 8.44. The van der Waals surface area contributed by atoms with Crippen molar-refractivity contribution in [3.8, 4) is 0 Å². The molecule has 0 atom stereocenters. The standard InChI is InChI=1S/C17H16F3IN4/c18-17(19,20)15-3-1-2-4-24(15)16-7-12-10-25(23-14(12)9-22-16)13-5-11(6-13)8-21/h1-3,7,9-11,13H,4-6,8H2/i13D. The van der Waals surface area contributed by atoms with E-state index >= 15 is 0 Å². The van der Waals surface area contributed by atoms with Crippen molar-refractivity contribution >= 4 is 39.3 Å². The first-order valence-corrected chi connectivity index (χ1v) is 9.46. The molecule has 0 saturated heterocycles. The number of alkyl halides is 4. The Morgan fingerprint density at radius 3 is 2.88 bits per heavy atom. The summed E-state index contributed by atoms with van der Waals surface area (Å²) in [6.07, 6.45) is 4.36. The van der Waals surface area contributed by atoms with Gasteiger partial charge in [-0.05, 0) is 30.9 Å². The van der Waals surface area contributed by atoms with E-state index in [1.807, 2.05) is 0 Å². The predicted molar refractivity (Wildman–Crippen MR) is 98.8 cm³/mol. The molecule has 0 N–H and O–H groups in total. The summed E-state index contributed by atoms with van der Waals surface area (Å²) in [5.74, 6) is 0.747. The average molecular weight is 461 g/mol. The molecule has 2 aromatic heterocycles. The van der Waals surface area contributed by atoms with E-state index in [-0.39, 0.29) is 12.4 Å². The number of nitrogens with zero attached hydrogens (tertiary/aromatic N) is 4. The number of halogens is 4. The second-order valence-electron chi connectivity index (χ2n) is 6.26. The van der Waals surface area contributed by atoms with Crippen LogP contribution in [0.1, 0.15) is 20.2 Å². The number of aromatic nitrogens is 3. The Labute approximate surface area is 157 Å². The molecule has 4 rings (SSSR count). The van der Waals surface area contributed by atoms with Crippen LogP contribution in [0, 0.1) is 5.92 Å². The van der Waals surface area contributed by atoms with Crippen LogP contribution in [0.25, 0.3) is 10.9 Å². The van der Waals surface area contributed by atoms with Crippen molar-refractivity contribution in [2.45, 2.75) is 25.0 Å². The number of hydrogen-bond donors (Lipinski definition) is 0. The zero-order chi connectivity index (χ0) is 18.5. The highest BCUT2D eigenvalue weighted by Crippen LogP contribution is 2.39. The molecule has 0 unspecified atom stereocenters. The van der Waals surface area contributed by atoms with Crippen molar-refractivity contribution in [2.75, 3.05) is 15.9 Å². The minimum absolute atomic E-state index is 0.109. The number of allylic oxidation sites excluding steroid dienone is 3. The molecule has 1 aliphatic carbocycles. The first kappa shape index (κ1) is 15.7. The van der Waals surface area contributed by atoms with Crippen LogP contribution in [0.15, 0.2) is 42.4 Å². The molecular formula is C17H16F3IN4. The lowest BCUT2D eigenvalue weighted by Gasteiger charge is -2.34. The molecule has 4 nitrogen and oxygen atoms in total. The molecule has 0 aromatic carbocycles. The maximum atomic E-state index is 13.3. The highest BCUT2D eigenvalue weighted by molar-refractivity contribution is 14.1. The lowest BCUT2D eigenvalue weighted by atomic mass is 9.82. The van der Waals surface area contributed by atoms with E-state index in [4.69, 9.17) is 1.37 Å². The molecule has 1 aliphatic heterocycles. The molecule has 25 heavy (non-hydrogen) atoms. The molecule has 8 heteroatoms. The van der Waals surface area contributed by atoms with Gasteiger partial charge in [-0.15, -0.1) is 0 Å². The average Bonchev–Trinajstić information content (AvgIpc) is 3.01. The van der Waals surface area contributed by atoms with Crippen molar-refractivity contribution < 1.29 is 14.5 Å². The van der Waals surface area contributed by atoms with Gasteiger partial charge in [0.25, 0.3) is 0 Å². The summed E-state index contributed by atoms with van der Waals surface area (Å²) in [5.41, 5.74) is -0.150. The Kier molecular flexibility index (Phi) is 3.94. The van der Waals surface area contributed by atoms with Crippen LogP contribution in [-0.4, -0.2) is 31.9 Å². The van der Waals surface area contributed by atoms with Crippen LogP contribution in [0.5, 0.6) is 0 Å². The van der Waals surface area contributed by atoms with Gasteiger partial charge in [-0.3, -0.25) is 4.68 Å². The van der Waals surface area contributed by atoms with Gasteiger partial charge in [0.2, 0.25) is 0 Å². The van der Waals surface area contributed by atoms with Crippen molar-refractivity contribution in [1.82, 2.24) is 14.8 Å². The number of anilines is 1. The third kappa shape index (κ3) is 3.16. The monoisotopic (exact) mass is 461 g/mol. The summed E-state index contributed by atoms with van der Waals surface area (Å²) in [7, 11) is 0. The molecular weight excluding hydrogens is 444 g/mol. The minimum Gasteiger partial charge on any atom is -0.318 e. The van der Waals surface area contributed by atoms with Crippen molar-refractivity contribution in [2.24, 2.45) is 5.92 Å². The number of hydrogen-bond acceptors (Lipinski definition) is 3. The second-order valence-corrected chi connectivity index (χ2v) is 7.14. The van der Waals surface area contributed by atoms with Gasteiger partial charge in [0.05, 0.1) is 13.6 Å². The quantitative estimate of drug-likeness (QED) is 0.494. The van der Waals surface area contributed by atoms with Gasteiger partial charge in [-0.25, -0.2) is 4.98 Å².